The smallest absolute Gasteiger partial charge is 0.314 e. The van der Waals surface area contributed by atoms with E-state index in [9.17, 15) is 9.59 Å². The largest absolute Gasteiger partial charge is 0.393 e. The second-order valence-corrected chi connectivity index (χ2v) is 4.29. The quantitative estimate of drug-likeness (QED) is 0.536. The normalized spacial score (nSPS) is 17.4. The van der Waals surface area contributed by atoms with E-state index >= 15 is 0 Å². The lowest BCUT2D eigenvalue weighted by Crippen LogP contribution is -2.24. The van der Waals surface area contributed by atoms with Gasteiger partial charge in [0.2, 0.25) is 0 Å². The lowest BCUT2D eigenvalue weighted by Gasteiger charge is -2.20. The van der Waals surface area contributed by atoms with Crippen LogP contribution >= 0.6 is 0 Å². The second-order valence-electron chi connectivity index (χ2n) is 4.29. The van der Waals surface area contributed by atoms with Gasteiger partial charge in [-0.2, -0.15) is 0 Å². The van der Waals surface area contributed by atoms with E-state index in [1.807, 2.05) is 32.0 Å². The molecule has 1 heterocycles. The fourth-order valence-electron chi connectivity index (χ4n) is 1.94. The first kappa shape index (κ1) is 10.9. The molecule has 16 heavy (non-hydrogen) atoms. The number of benzene rings is 1. The van der Waals surface area contributed by atoms with Crippen molar-refractivity contribution in [3.05, 3.63) is 34.9 Å². The number of rotatable bonds is 1. The summed E-state index contributed by atoms with van der Waals surface area (Å²) < 4.78 is 4.51. The second kappa shape index (κ2) is 4.08. The van der Waals surface area contributed by atoms with Crippen molar-refractivity contribution in [3.8, 4) is 0 Å². The molecule has 1 aliphatic rings. The highest BCUT2D eigenvalue weighted by molar-refractivity contribution is 5.89. The van der Waals surface area contributed by atoms with Crippen LogP contribution in [0.25, 0.3) is 0 Å². The van der Waals surface area contributed by atoms with Gasteiger partial charge in [-0.3, -0.25) is 9.59 Å². The van der Waals surface area contributed by atoms with E-state index in [0.29, 0.717) is 12.8 Å². The van der Waals surface area contributed by atoms with Gasteiger partial charge in [0.05, 0.1) is 12.8 Å². The van der Waals surface area contributed by atoms with E-state index in [2.05, 4.69) is 4.74 Å². The minimum atomic E-state index is -0.417. The van der Waals surface area contributed by atoms with Gasteiger partial charge in [-0.1, -0.05) is 18.2 Å². The Hall–Kier alpha value is -1.64. The van der Waals surface area contributed by atoms with E-state index < -0.39 is 11.9 Å². The molecular weight excluding hydrogens is 204 g/mol. The first-order valence-electron chi connectivity index (χ1n) is 5.37. The molecule has 0 radical (unpaired) electrons. The van der Waals surface area contributed by atoms with Gasteiger partial charge < -0.3 is 4.74 Å². The average Bonchev–Trinajstić information content (AvgIpc) is 2.20. The third kappa shape index (κ3) is 2.13. The highest BCUT2D eigenvalue weighted by Crippen LogP contribution is 2.29. The predicted octanol–water partition coefficient (Wildman–Crippen LogP) is 2.25. The summed E-state index contributed by atoms with van der Waals surface area (Å²) in [5.74, 6) is -0.855. The Labute approximate surface area is 94.4 Å². The van der Waals surface area contributed by atoms with Gasteiger partial charge in [0.15, 0.2) is 0 Å². The number of carbonyl (C=O) groups excluding carboxylic acids is 2. The molecule has 0 saturated carbocycles. The molecule has 0 aliphatic carbocycles. The summed E-state index contributed by atoms with van der Waals surface area (Å²) in [6, 6.07) is 6.06. The van der Waals surface area contributed by atoms with Crippen molar-refractivity contribution >= 4 is 11.9 Å². The van der Waals surface area contributed by atoms with Crippen LogP contribution in [-0.4, -0.2) is 11.9 Å². The lowest BCUT2D eigenvalue weighted by atomic mass is 9.89. The minimum absolute atomic E-state index is 0.0203. The van der Waals surface area contributed by atoms with Gasteiger partial charge in [0.1, 0.15) is 0 Å². The topological polar surface area (TPSA) is 43.4 Å². The van der Waals surface area contributed by atoms with Gasteiger partial charge in [0, 0.05) is 5.92 Å². The molecule has 0 atom stereocenters. The Bertz CT molecular complexity index is 432. The Morgan fingerprint density at radius 2 is 1.69 bits per heavy atom. The monoisotopic (exact) mass is 218 g/mol. The number of cyclic esters (lactones) is 2. The van der Waals surface area contributed by atoms with Crippen LogP contribution < -0.4 is 0 Å². The Morgan fingerprint density at radius 1 is 1.06 bits per heavy atom. The summed E-state index contributed by atoms with van der Waals surface area (Å²) in [5.41, 5.74) is 3.45. The van der Waals surface area contributed by atoms with Crippen molar-refractivity contribution in [3.63, 3.8) is 0 Å². The summed E-state index contributed by atoms with van der Waals surface area (Å²) in [7, 11) is 0. The van der Waals surface area contributed by atoms with E-state index in [0.717, 1.165) is 5.56 Å². The fraction of sp³-hybridized carbons (Fsp3) is 0.385. The standard InChI is InChI=1S/C13H14O3/c1-8-3-4-10(5-9(8)2)11-6-12(14)16-13(15)7-11/h3-5,11H,6-7H2,1-2H3. The zero-order chi connectivity index (χ0) is 11.7. The molecule has 0 spiro atoms. The highest BCUT2D eigenvalue weighted by Gasteiger charge is 2.28. The Kier molecular flexibility index (Phi) is 2.77. The maximum Gasteiger partial charge on any atom is 0.314 e. The molecule has 0 aromatic heterocycles. The number of aryl methyl sites for hydroxylation is 2. The Balaban J connectivity index is 2.26. The first-order valence-corrected chi connectivity index (χ1v) is 5.37. The van der Waals surface area contributed by atoms with Crippen molar-refractivity contribution in [1.29, 1.82) is 0 Å². The highest BCUT2D eigenvalue weighted by atomic mass is 16.6. The predicted molar refractivity (Wildman–Crippen MR) is 59.0 cm³/mol. The number of hydrogen-bond donors (Lipinski definition) is 0. The maximum absolute atomic E-state index is 11.2. The number of carbonyl (C=O) groups is 2. The third-order valence-corrected chi connectivity index (χ3v) is 3.06. The van der Waals surface area contributed by atoms with Gasteiger partial charge in [-0.15, -0.1) is 0 Å². The van der Waals surface area contributed by atoms with Gasteiger partial charge in [-0.25, -0.2) is 0 Å². The van der Waals surface area contributed by atoms with Crippen molar-refractivity contribution in [2.45, 2.75) is 32.6 Å². The number of ether oxygens (including phenoxy) is 1. The molecule has 0 unspecified atom stereocenters. The van der Waals surface area contributed by atoms with E-state index in [1.165, 1.54) is 11.1 Å². The minimum Gasteiger partial charge on any atom is -0.393 e. The molecule has 84 valence electrons. The van der Waals surface area contributed by atoms with E-state index in [1.54, 1.807) is 0 Å². The summed E-state index contributed by atoms with van der Waals surface area (Å²) in [6.45, 7) is 4.07. The summed E-state index contributed by atoms with van der Waals surface area (Å²) in [4.78, 5) is 22.3. The molecule has 2 rings (SSSR count). The van der Waals surface area contributed by atoms with Crippen LogP contribution in [0.1, 0.15) is 35.4 Å². The molecule has 1 aromatic carbocycles. The molecule has 0 bridgehead atoms. The summed E-state index contributed by atoms with van der Waals surface area (Å²) in [5, 5.41) is 0. The first-order chi connectivity index (χ1) is 7.56. The number of hydrogen-bond acceptors (Lipinski definition) is 3. The van der Waals surface area contributed by atoms with Crippen LogP contribution in [0.5, 0.6) is 0 Å². The van der Waals surface area contributed by atoms with Crippen LogP contribution in [0.2, 0.25) is 0 Å². The molecular formula is C13H14O3. The van der Waals surface area contributed by atoms with E-state index in [4.69, 9.17) is 0 Å². The lowest BCUT2D eigenvalue weighted by molar-refractivity contribution is -0.163. The van der Waals surface area contributed by atoms with Gasteiger partial charge in [0.25, 0.3) is 0 Å². The van der Waals surface area contributed by atoms with Crippen LogP contribution in [0, 0.1) is 13.8 Å². The molecule has 1 fully saturated rings. The van der Waals surface area contributed by atoms with E-state index in [-0.39, 0.29) is 5.92 Å². The van der Waals surface area contributed by atoms with Gasteiger partial charge in [-0.05, 0) is 30.5 Å². The molecule has 0 amide bonds. The van der Waals surface area contributed by atoms with Gasteiger partial charge >= 0.3 is 11.9 Å². The zero-order valence-corrected chi connectivity index (χ0v) is 9.45. The molecule has 3 heteroatoms. The number of esters is 2. The van der Waals surface area contributed by atoms with Crippen LogP contribution in [0.4, 0.5) is 0 Å². The molecule has 3 nitrogen and oxygen atoms in total. The fourth-order valence-corrected chi connectivity index (χ4v) is 1.94. The van der Waals surface area contributed by atoms with Crippen LogP contribution in [0.3, 0.4) is 0 Å². The van der Waals surface area contributed by atoms with Crippen molar-refractivity contribution in [1.82, 2.24) is 0 Å². The third-order valence-electron chi connectivity index (χ3n) is 3.06. The molecule has 1 saturated heterocycles. The zero-order valence-electron chi connectivity index (χ0n) is 9.45. The SMILES string of the molecule is Cc1ccc(C2CC(=O)OC(=O)C2)cc1C. The Morgan fingerprint density at radius 3 is 2.25 bits per heavy atom. The summed E-state index contributed by atoms with van der Waals surface area (Å²) in [6.07, 6.45) is 0.600. The average molecular weight is 218 g/mol. The maximum atomic E-state index is 11.2. The van der Waals surface area contributed by atoms with Crippen molar-refractivity contribution < 1.29 is 14.3 Å². The van der Waals surface area contributed by atoms with Crippen molar-refractivity contribution in [2.24, 2.45) is 0 Å². The van der Waals surface area contributed by atoms with Crippen LogP contribution in [0.15, 0.2) is 18.2 Å². The molecule has 0 N–H and O–H groups in total. The molecule has 1 aliphatic heterocycles. The van der Waals surface area contributed by atoms with Crippen molar-refractivity contribution in [2.75, 3.05) is 0 Å². The van der Waals surface area contributed by atoms with Crippen LogP contribution in [-0.2, 0) is 14.3 Å². The summed E-state index contributed by atoms with van der Waals surface area (Å²) >= 11 is 0. The molecule has 1 aromatic rings.